The van der Waals surface area contributed by atoms with Crippen molar-refractivity contribution < 1.29 is 22.7 Å². The highest BCUT2D eigenvalue weighted by atomic mass is 19.4. The molecule has 22 heavy (non-hydrogen) atoms. The summed E-state index contributed by atoms with van der Waals surface area (Å²) in [7, 11) is 0. The van der Waals surface area contributed by atoms with E-state index >= 15 is 0 Å². The first-order valence-corrected chi connectivity index (χ1v) is 6.43. The van der Waals surface area contributed by atoms with E-state index in [1.165, 1.54) is 22.9 Å². The molecule has 5 nitrogen and oxygen atoms in total. The summed E-state index contributed by atoms with van der Waals surface area (Å²) < 4.78 is 44.8. The van der Waals surface area contributed by atoms with E-state index in [0.29, 0.717) is 0 Å². The van der Waals surface area contributed by atoms with Gasteiger partial charge in [-0.2, -0.15) is 18.3 Å². The van der Waals surface area contributed by atoms with Gasteiger partial charge >= 0.3 is 12.1 Å². The number of esters is 1. The molecular weight excluding hydrogens is 299 g/mol. The Morgan fingerprint density at radius 1 is 1.32 bits per heavy atom. The third-order valence-electron chi connectivity index (χ3n) is 2.85. The van der Waals surface area contributed by atoms with Crippen LogP contribution in [0.15, 0.2) is 30.3 Å². The number of nitrogens with zero attached hydrogens (tertiary/aromatic N) is 2. The zero-order chi connectivity index (χ0) is 16.5. The second-order valence-corrected chi connectivity index (χ2v) is 4.88. The summed E-state index contributed by atoms with van der Waals surface area (Å²) >= 11 is 0. The van der Waals surface area contributed by atoms with Crippen LogP contribution in [-0.4, -0.2) is 15.7 Å². The average molecular weight is 313 g/mol. The summed E-state index contributed by atoms with van der Waals surface area (Å²) in [4.78, 5) is 12.1. The molecule has 0 saturated carbocycles. The first-order valence-electron chi connectivity index (χ1n) is 6.43. The zero-order valence-electron chi connectivity index (χ0n) is 11.9. The van der Waals surface area contributed by atoms with Crippen LogP contribution >= 0.6 is 0 Å². The average Bonchev–Trinajstić information content (AvgIpc) is 2.80. The minimum absolute atomic E-state index is 0.00974. The van der Waals surface area contributed by atoms with Crippen LogP contribution in [0.1, 0.15) is 35.9 Å². The molecule has 1 heterocycles. The van der Waals surface area contributed by atoms with Gasteiger partial charge in [-0.15, -0.1) is 0 Å². The van der Waals surface area contributed by atoms with Crippen LogP contribution in [0.4, 0.5) is 19.0 Å². The summed E-state index contributed by atoms with van der Waals surface area (Å²) in [5, 5.41) is 3.92. The fourth-order valence-electron chi connectivity index (χ4n) is 1.90. The van der Waals surface area contributed by atoms with Crippen LogP contribution in [0.25, 0.3) is 0 Å². The number of rotatable bonds is 3. The maximum atomic E-state index is 12.9. The second kappa shape index (κ2) is 5.70. The van der Waals surface area contributed by atoms with E-state index in [1.54, 1.807) is 13.8 Å². The number of hydrogen-bond acceptors (Lipinski definition) is 4. The lowest BCUT2D eigenvalue weighted by Crippen LogP contribution is -2.18. The molecule has 0 aliphatic rings. The maximum Gasteiger partial charge on any atom is 0.419 e. The van der Waals surface area contributed by atoms with Crippen molar-refractivity contribution in [1.82, 2.24) is 9.78 Å². The van der Waals surface area contributed by atoms with Crippen molar-refractivity contribution in [2.45, 2.75) is 26.1 Å². The molecule has 2 aromatic rings. The van der Waals surface area contributed by atoms with E-state index in [1.807, 2.05) is 0 Å². The van der Waals surface area contributed by atoms with Gasteiger partial charge in [-0.25, -0.2) is 4.79 Å². The Hall–Kier alpha value is -2.51. The maximum absolute atomic E-state index is 12.9. The van der Waals surface area contributed by atoms with E-state index in [4.69, 9.17) is 10.5 Å². The number of carbonyl (C=O) groups excluding carboxylic acids is 1. The van der Waals surface area contributed by atoms with E-state index < -0.39 is 23.5 Å². The number of anilines is 1. The van der Waals surface area contributed by atoms with E-state index in [-0.39, 0.29) is 17.6 Å². The number of nitrogens with two attached hydrogens (primary N) is 1. The minimum atomic E-state index is -4.62. The van der Waals surface area contributed by atoms with Gasteiger partial charge in [0.2, 0.25) is 0 Å². The molecule has 0 radical (unpaired) electrons. The minimum Gasteiger partial charge on any atom is -0.421 e. The highest BCUT2D eigenvalue weighted by Gasteiger charge is 2.35. The smallest absolute Gasteiger partial charge is 0.419 e. The van der Waals surface area contributed by atoms with E-state index in [0.717, 1.165) is 12.1 Å². The first-order chi connectivity index (χ1) is 10.2. The number of hydrogen-bond donors (Lipinski definition) is 1. The number of para-hydroxylation sites is 1. The first kappa shape index (κ1) is 15.9. The van der Waals surface area contributed by atoms with Gasteiger partial charge < -0.3 is 10.5 Å². The second-order valence-electron chi connectivity index (χ2n) is 4.88. The topological polar surface area (TPSA) is 70.1 Å². The van der Waals surface area contributed by atoms with Gasteiger partial charge in [0.15, 0.2) is 0 Å². The zero-order valence-corrected chi connectivity index (χ0v) is 11.9. The van der Waals surface area contributed by atoms with Crippen LogP contribution in [0, 0.1) is 0 Å². The van der Waals surface area contributed by atoms with Crippen molar-refractivity contribution in [3.63, 3.8) is 0 Å². The molecule has 2 N–H and O–H groups in total. The SMILES string of the molecule is CC(C)n1nc(N)cc1C(=O)Oc1ccccc1C(F)(F)F. The Morgan fingerprint density at radius 3 is 2.55 bits per heavy atom. The molecule has 8 heteroatoms. The highest BCUT2D eigenvalue weighted by Crippen LogP contribution is 2.36. The fraction of sp³-hybridized carbons (Fsp3) is 0.286. The van der Waals surface area contributed by atoms with Gasteiger partial charge in [-0.05, 0) is 26.0 Å². The molecule has 0 fully saturated rings. The molecule has 0 aliphatic heterocycles. The van der Waals surface area contributed by atoms with E-state index in [9.17, 15) is 18.0 Å². The molecule has 0 spiro atoms. The van der Waals surface area contributed by atoms with E-state index in [2.05, 4.69) is 5.10 Å². The number of aromatic nitrogens is 2. The lowest BCUT2D eigenvalue weighted by molar-refractivity contribution is -0.138. The molecule has 0 atom stereocenters. The third-order valence-corrected chi connectivity index (χ3v) is 2.85. The lowest BCUT2D eigenvalue weighted by atomic mass is 10.2. The Balaban J connectivity index is 2.35. The molecule has 1 aromatic carbocycles. The number of carbonyl (C=O) groups is 1. The predicted octanol–water partition coefficient (Wildman–Crippen LogP) is 3.28. The van der Waals surface area contributed by atoms with Crippen molar-refractivity contribution >= 4 is 11.8 Å². The Kier molecular flexibility index (Phi) is 4.11. The fourth-order valence-corrected chi connectivity index (χ4v) is 1.90. The monoisotopic (exact) mass is 313 g/mol. The summed E-state index contributed by atoms with van der Waals surface area (Å²) in [5.74, 6) is -1.42. The van der Waals surface area contributed by atoms with Gasteiger partial charge in [-0.3, -0.25) is 4.68 Å². The van der Waals surface area contributed by atoms with Crippen molar-refractivity contribution in [3.8, 4) is 5.75 Å². The Morgan fingerprint density at radius 2 is 1.95 bits per heavy atom. The Bertz CT molecular complexity index is 693. The van der Waals surface area contributed by atoms with Crippen molar-refractivity contribution in [2.24, 2.45) is 0 Å². The largest absolute Gasteiger partial charge is 0.421 e. The van der Waals surface area contributed by atoms with Gasteiger partial charge in [0.05, 0.1) is 5.56 Å². The number of ether oxygens (including phenoxy) is 1. The Labute approximate surface area is 124 Å². The molecule has 0 bridgehead atoms. The third kappa shape index (κ3) is 3.21. The summed E-state index contributed by atoms with van der Waals surface area (Å²) in [5.41, 5.74) is 4.50. The molecule has 118 valence electrons. The molecule has 1 aromatic heterocycles. The van der Waals surface area contributed by atoms with Crippen molar-refractivity contribution in [3.05, 3.63) is 41.6 Å². The molecule has 0 unspecified atom stereocenters. The summed E-state index contributed by atoms with van der Waals surface area (Å²) in [6.07, 6.45) is -4.62. The molecule has 0 aliphatic carbocycles. The molecule has 0 saturated heterocycles. The van der Waals surface area contributed by atoms with Crippen molar-refractivity contribution in [2.75, 3.05) is 5.73 Å². The highest BCUT2D eigenvalue weighted by molar-refractivity contribution is 5.90. The van der Waals surface area contributed by atoms with Gasteiger partial charge in [0, 0.05) is 12.1 Å². The van der Waals surface area contributed by atoms with Crippen molar-refractivity contribution in [1.29, 1.82) is 0 Å². The van der Waals surface area contributed by atoms with Gasteiger partial charge in [0.25, 0.3) is 0 Å². The van der Waals surface area contributed by atoms with Gasteiger partial charge in [0.1, 0.15) is 17.3 Å². The number of alkyl halides is 3. The number of nitrogen functional groups attached to an aromatic ring is 1. The molecular formula is C14H14F3N3O2. The van der Waals surface area contributed by atoms with Gasteiger partial charge in [-0.1, -0.05) is 12.1 Å². The number of halogens is 3. The number of benzene rings is 1. The van der Waals surface area contributed by atoms with Crippen LogP contribution in [-0.2, 0) is 6.18 Å². The lowest BCUT2D eigenvalue weighted by Gasteiger charge is -2.13. The summed E-state index contributed by atoms with van der Waals surface area (Å²) in [6.45, 7) is 3.51. The normalized spacial score (nSPS) is 11.7. The predicted molar refractivity (Wildman–Crippen MR) is 73.4 cm³/mol. The molecule has 0 amide bonds. The van der Waals surface area contributed by atoms with Crippen LogP contribution in [0.5, 0.6) is 5.75 Å². The van der Waals surface area contributed by atoms with Crippen LogP contribution in [0.2, 0.25) is 0 Å². The quantitative estimate of drug-likeness (QED) is 0.697. The van der Waals surface area contributed by atoms with Crippen LogP contribution in [0.3, 0.4) is 0 Å². The molecule has 2 rings (SSSR count). The van der Waals surface area contributed by atoms with Crippen LogP contribution < -0.4 is 10.5 Å². The standard InChI is InChI=1S/C14H14F3N3O2/c1-8(2)20-10(7-12(18)19-20)13(21)22-11-6-4-3-5-9(11)14(15,16)17/h3-8H,1-2H3,(H2,18,19). The summed E-state index contributed by atoms with van der Waals surface area (Å²) in [6, 6.07) is 5.57.